The number of unbranched alkanes of at least 4 members (excludes halogenated alkanes) is 2. The van der Waals surface area contributed by atoms with Gasteiger partial charge in [0.1, 0.15) is 12.1 Å². The molecule has 0 heterocycles. The molecule has 0 aliphatic carbocycles. The Morgan fingerprint density at radius 1 is 1.12 bits per heavy atom. The highest BCUT2D eigenvalue weighted by Gasteiger charge is 2.18. The van der Waals surface area contributed by atoms with E-state index in [4.69, 9.17) is 0 Å². The van der Waals surface area contributed by atoms with Crippen LogP contribution in [-0.4, -0.2) is 12.1 Å². The first-order valence-electron chi connectivity index (χ1n) is 7.00. The molecule has 2 unspecified atom stereocenters. The van der Waals surface area contributed by atoms with Crippen LogP contribution in [0.3, 0.4) is 0 Å². The fourth-order valence-electron chi connectivity index (χ4n) is 1.82. The first-order valence-corrected chi connectivity index (χ1v) is 7.00. The van der Waals surface area contributed by atoms with E-state index >= 15 is 0 Å². The Morgan fingerprint density at radius 3 is 2.24 bits per heavy atom. The van der Waals surface area contributed by atoms with Gasteiger partial charge in [0, 0.05) is 6.42 Å². The second kappa shape index (κ2) is 9.38. The highest BCUT2D eigenvalue weighted by atomic mass is 16.1. The van der Waals surface area contributed by atoms with Gasteiger partial charge in [0.05, 0.1) is 5.92 Å². The summed E-state index contributed by atoms with van der Waals surface area (Å²) in [6, 6.07) is 0. The van der Waals surface area contributed by atoms with Gasteiger partial charge in [-0.05, 0) is 31.1 Å². The van der Waals surface area contributed by atoms with Crippen molar-refractivity contribution in [3.8, 4) is 0 Å². The van der Waals surface area contributed by atoms with E-state index in [1.807, 2.05) is 0 Å². The first-order chi connectivity index (χ1) is 8.02. The van der Waals surface area contributed by atoms with Crippen molar-refractivity contribution < 1.29 is 9.59 Å². The van der Waals surface area contributed by atoms with Crippen LogP contribution >= 0.6 is 0 Å². The molecule has 0 aromatic heterocycles. The third kappa shape index (κ3) is 7.30. The standard InChI is InChI=1S/C15H28O2/c1-5-6-7-8-15(17)14(11-16)10-9-13(4)12(2)3/h11-14H,5-10H2,1-4H3. The van der Waals surface area contributed by atoms with E-state index in [-0.39, 0.29) is 11.7 Å². The van der Waals surface area contributed by atoms with Crippen LogP contribution in [0.2, 0.25) is 0 Å². The van der Waals surface area contributed by atoms with Gasteiger partial charge in [-0.25, -0.2) is 0 Å². The molecule has 0 fully saturated rings. The van der Waals surface area contributed by atoms with Crippen LogP contribution in [0.1, 0.15) is 66.2 Å². The van der Waals surface area contributed by atoms with Crippen LogP contribution in [0.25, 0.3) is 0 Å². The Hall–Kier alpha value is -0.660. The highest BCUT2D eigenvalue weighted by molar-refractivity contribution is 5.93. The van der Waals surface area contributed by atoms with Gasteiger partial charge in [-0.15, -0.1) is 0 Å². The number of aldehydes is 1. The molecule has 0 spiro atoms. The molecule has 2 nitrogen and oxygen atoms in total. The Bertz CT molecular complexity index is 221. The number of carbonyl (C=O) groups excluding carboxylic acids is 2. The Labute approximate surface area is 106 Å². The fourth-order valence-corrected chi connectivity index (χ4v) is 1.82. The van der Waals surface area contributed by atoms with Crippen molar-refractivity contribution in [2.24, 2.45) is 17.8 Å². The Morgan fingerprint density at radius 2 is 1.76 bits per heavy atom. The van der Waals surface area contributed by atoms with Crippen molar-refractivity contribution in [2.75, 3.05) is 0 Å². The van der Waals surface area contributed by atoms with Crippen molar-refractivity contribution in [3.63, 3.8) is 0 Å². The molecule has 17 heavy (non-hydrogen) atoms. The van der Waals surface area contributed by atoms with Gasteiger partial charge in [0.15, 0.2) is 0 Å². The van der Waals surface area contributed by atoms with E-state index in [0.29, 0.717) is 18.3 Å². The van der Waals surface area contributed by atoms with E-state index in [0.717, 1.165) is 38.4 Å². The molecule has 2 heteroatoms. The lowest BCUT2D eigenvalue weighted by atomic mass is 9.87. The number of hydrogen-bond donors (Lipinski definition) is 0. The highest BCUT2D eigenvalue weighted by Crippen LogP contribution is 2.20. The van der Waals surface area contributed by atoms with E-state index in [1.165, 1.54) is 0 Å². The lowest BCUT2D eigenvalue weighted by molar-refractivity contribution is -0.127. The molecule has 0 radical (unpaired) electrons. The van der Waals surface area contributed by atoms with Crippen LogP contribution < -0.4 is 0 Å². The number of rotatable bonds is 10. The second-order valence-corrected chi connectivity index (χ2v) is 5.46. The van der Waals surface area contributed by atoms with Crippen LogP contribution in [0.15, 0.2) is 0 Å². The molecule has 0 aliphatic rings. The molecular weight excluding hydrogens is 212 g/mol. The van der Waals surface area contributed by atoms with Gasteiger partial charge in [-0.3, -0.25) is 4.79 Å². The summed E-state index contributed by atoms with van der Waals surface area (Å²) in [6.45, 7) is 8.67. The van der Waals surface area contributed by atoms with Gasteiger partial charge in [0.25, 0.3) is 0 Å². The quantitative estimate of drug-likeness (QED) is 0.328. The van der Waals surface area contributed by atoms with Crippen molar-refractivity contribution in [1.29, 1.82) is 0 Å². The van der Waals surface area contributed by atoms with Gasteiger partial charge in [-0.1, -0.05) is 40.5 Å². The molecule has 0 saturated carbocycles. The predicted molar refractivity (Wildman–Crippen MR) is 71.9 cm³/mol. The van der Waals surface area contributed by atoms with Crippen LogP contribution in [0.4, 0.5) is 0 Å². The third-order valence-electron chi connectivity index (χ3n) is 3.68. The van der Waals surface area contributed by atoms with Crippen LogP contribution in [0, 0.1) is 17.8 Å². The Balaban J connectivity index is 3.97. The van der Waals surface area contributed by atoms with Gasteiger partial charge in [0.2, 0.25) is 0 Å². The SMILES string of the molecule is CCCCCC(=O)C(C=O)CCC(C)C(C)C. The average Bonchev–Trinajstić information content (AvgIpc) is 2.29. The summed E-state index contributed by atoms with van der Waals surface area (Å²) in [5, 5.41) is 0. The van der Waals surface area contributed by atoms with E-state index < -0.39 is 0 Å². The summed E-state index contributed by atoms with van der Waals surface area (Å²) >= 11 is 0. The van der Waals surface area contributed by atoms with E-state index in [1.54, 1.807) is 0 Å². The van der Waals surface area contributed by atoms with E-state index in [9.17, 15) is 9.59 Å². The Kier molecular flexibility index (Phi) is 9.01. The van der Waals surface area contributed by atoms with Gasteiger partial charge in [-0.2, -0.15) is 0 Å². The van der Waals surface area contributed by atoms with Crippen molar-refractivity contribution in [1.82, 2.24) is 0 Å². The zero-order chi connectivity index (χ0) is 13.3. The summed E-state index contributed by atoms with van der Waals surface area (Å²) in [7, 11) is 0. The summed E-state index contributed by atoms with van der Waals surface area (Å²) in [5.74, 6) is 0.996. The zero-order valence-corrected chi connectivity index (χ0v) is 11.9. The molecule has 0 N–H and O–H groups in total. The molecule has 0 aromatic carbocycles. The largest absolute Gasteiger partial charge is 0.303 e. The third-order valence-corrected chi connectivity index (χ3v) is 3.68. The van der Waals surface area contributed by atoms with Crippen LogP contribution in [-0.2, 0) is 9.59 Å². The monoisotopic (exact) mass is 240 g/mol. The summed E-state index contributed by atoms with van der Waals surface area (Å²) in [6.07, 6.45) is 6.26. The smallest absolute Gasteiger partial charge is 0.143 e. The minimum Gasteiger partial charge on any atom is -0.303 e. The maximum Gasteiger partial charge on any atom is 0.143 e. The summed E-state index contributed by atoms with van der Waals surface area (Å²) < 4.78 is 0. The molecular formula is C15H28O2. The molecule has 2 atom stereocenters. The minimum atomic E-state index is -0.354. The molecule has 0 rings (SSSR count). The number of Topliss-reactive ketones (excluding diaryl/α,β-unsaturated/α-hetero) is 1. The summed E-state index contributed by atoms with van der Waals surface area (Å²) in [4.78, 5) is 22.7. The zero-order valence-electron chi connectivity index (χ0n) is 11.9. The number of ketones is 1. The second-order valence-electron chi connectivity index (χ2n) is 5.46. The van der Waals surface area contributed by atoms with Gasteiger partial charge >= 0.3 is 0 Å². The van der Waals surface area contributed by atoms with Crippen molar-refractivity contribution >= 4 is 12.1 Å². The van der Waals surface area contributed by atoms with Crippen molar-refractivity contribution in [3.05, 3.63) is 0 Å². The molecule has 0 saturated heterocycles. The van der Waals surface area contributed by atoms with Gasteiger partial charge < -0.3 is 4.79 Å². The lowest BCUT2D eigenvalue weighted by Gasteiger charge is -2.17. The average molecular weight is 240 g/mol. The normalized spacial score (nSPS) is 14.6. The predicted octanol–water partition coefficient (Wildman–Crippen LogP) is 4.02. The number of hydrogen-bond acceptors (Lipinski definition) is 2. The molecule has 0 aliphatic heterocycles. The summed E-state index contributed by atoms with van der Waals surface area (Å²) in [5.41, 5.74) is 0. The minimum absolute atomic E-state index is 0.143. The fraction of sp³-hybridized carbons (Fsp3) is 0.867. The first kappa shape index (κ1) is 16.3. The molecule has 0 aromatic rings. The maximum absolute atomic E-state index is 11.8. The molecule has 0 bridgehead atoms. The topological polar surface area (TPSA) is 34.1 Å². The lowest BCUT2D eigenvalue weighted by Crippen LogP contribution is -2.17. The number of carbonyl (C=O) groups is 2. The van der Waals surface area contributed by atoms with E-state index in [2.05, 4.69) is 27.7 Å². The molecule has 0 amide bonds. The van der Waals surface area contributed by atoms with Crippen LogP contribution in [0.5, 0.6) is 0 Å². The van der Waals surface area contributed by atoms with Crippen molar-refractivity contribution in [2.45, 2.75) is 66.2 Å². The molecule has 100 valence electrons. The maximum atomic E-state index is 11.8.